The van der Waals surface area contributed by atoms with Crippen molar-refractivity contribution >= 4 is 0 Å². The van der Waals surface area contributed by atoms with Crippen LogP contribution in [0.3, 0.4) is 0 Å². The molecule has 0 fully saturated rings. The van der Waals surface area contributed by atoms with Gasteiger partial charge in [-0.25, -0.2) is 0 Å². The first kappa shape index (κ1) is 21.1. The highest BCUT2D eigenvalue weighted by molar-refractivity contribution is 5.25. The van der Waals surface area contributed by atoms with Crippen LogP contribution < -0.4 is 0 Å². The SMILES string of the molecule is CCCCCCCCC(OC)(c1ccccc1)C(OC)(OC)OC. The first-order chi connectivity index (χ1) is 11.7. The monoisotopic (exact) mass is 338 g/mol. The molecule has 0 spiro atoms. The van der Waals surface area contributed by atoms with E-state index in [-0.39, 0.29) is 0 Å². The lowest BCUT2D eigenvalue weighted by atomic mass is 9.85. The minimum atomic E-state index is -1.29. The van der Waals surface area contributed by atoms with Gasteiger partial charge in [-0.2, -0.15) is 0 Å². The van der Waals surface area contributed by atoms with E-state index in [0.29, 0.717) is 0 Å². The van der Waals surface area contributed by atoms with Crippen LogP contribution >= 0.6 is 0 Å². The third-order valence-corrected chi connectivity index (χ3v) is 4.77. The highest BCUT2D eigenvalue weighted by atomic mass is 16.9. The molecule has 0 aliphatic rings. The van der Waals surface area contributed by atoms with Crippen molar-refractivity contribution in [3.8, 4) is 0 Å². The fourth-order valence-electron chi connectivity index (χ4n) is 3.43. The average molecular weight is 338 g/mol. The van der Waals surface area contributed by atoms with Gasteiger partial charge in [0.15, 0.2) is 5.60 Å². The molecule has 0 saturated carbocycles. The summed E-state index contributed by atoms with van der Waals surface area (Å²) >= 11 is 0. The lowest BCUT2D eigenvalue weighted by Gasteiger charge is -2.46. The molecular weight excluding hydrogens is 304 g/mol. The van der Waals surface area contributed by atoms with Crippen LogP contribution in [-0.4, -0.2) is 34.4 Å². The maximum atomic E-state index is 6.01. The van der Waals surface area contributed by atoms with Crippen LogP contribution in [-0.2, 0) is 24.5 Å². The van der Waals surface area contributed by atoms with Crippen molar-refractivity contribution in [2.24, 2.45) is 0 Å². The molecule has 138 valence electrons. The smallest absolute Gasteiger partial charge is 0.317 e. The Morgan fingerprint density at radius 3 is 1.75 bits per heavy atom. The molecule has 24 heavy (non-hydrogen) atoms. The molecule has 1 aromatic carbocycles. The lowest BCUT2D eigenvalue weighted by molar-refractivity contribution is -0.430. The van der Waals surface area contributed by atoms with Gasteiger partial charge in [0.05, 0.1) is 0 Å². The van der Waals surface area contributed by atoms with E-state index in [1.807, 2.05) is 30.3 Å². The Morgan fingerprint density at radius 1 is 0.708 bits per heavy atom. The van der Waals surface area contributed by atoms with Crippen LogP contribution in [0.2, 0.25) is 0 Å². The fraction of sp³-hybridized carbons (Fsp3) is 0.700. The van der Waals surface area contributed by atoms with E-state index in [4.69, 9.17) is 18.9 Å². The summed E-state index contributed by atoms with van der Waals surface area (Å²) in [5.41, 5.74) is 0.170. The highest BCUT2D eigenvalue weighted by Gasteiger charge is 2.55. The Labute approximate surface area is 147 Å². The Balaban J connectivity index is 3.02. The van der Waals surface area contributed by atoms with Gasteiger partial charge >= 0.3 is 5.97 Å². The zero-order chi connectivity index (χ0) is 17.9. The zero-order valence-corrected chi connectivity index (χ0v) is 16.0. The molecule has 0 radical (unpaired) electrons. The van der Waals surface area contributed by atoms with Crippen LogP contribution in [0, 0.1) is 0 Å². The average Bonchev–Trinajstić information content (AvgIpc) is 2.65. The van der Waals surface area contributed by atoms with Crippen molar-refractivity contribution < 1.29 is 18.9 Å². The molecule has 1 unspecified atom stereocenters. The predicted octanol–water partition coefficient (Wildman–Crippen LogP) is 4.87. The highest BCUT2D eigenvalue weighted by Crippen LogP contribution is 2.44. The molecule has 0 amide bonds. The molecule has 0 aliphatic carbocycles. The topological polar surface area (TPSA) is 36.9 Å². The van der Waals surface area contributed by atoms with Crippen molar-refractivity contribution in [3.63, 3.8) is 0 Å². The minimum absolute atomic E-state index is 0.759. The van der Waals surface area contributed by atoms with Gasteiger partial charge < -0.3 is 18.9 Å². The number of rotatable bonds is 13. The van der Waals surface area contributed by atoms with Gasteiger partial charge in [-0.05, 0) is 18.4 Å². The van der Waals surface area contributed by atoms with Crippen molar-refractivity contribution in [3.05, 3.63) is 35.9 Å². The summed E-state index contributed by atoms with van der Waals surface area (Å²) in [5, 5.41) is 0. The second-order valence-corrected chi connectivity index (χ2v) is 6.08. The van der Waals surface area contributed by atoms with Crippen LogP contribution in [0.5, 0.6) is 0 Å². The summed E-state index contributed by atoms with van der Waals surface area (Å²) in [5.74, 6) is -1.29. The lowest BCUT2D eigenvalue weighted by Crippen LogP contribution is -2.57. The van der Waals surface area contributed by atoms with Gasteiger partial charge in [-0.15, -0.1) is 0 Å². The molecule has 4 nitrogen and oxygen atoms in total. The number of unbranched alkanes of at least 4 members (excludes halogenated alkanes) is 5. The zero-order valence-electron chi connectivity index (χ0n) is 16.0. The van der Waals surface area contributed by atoms with E-state index < -0.39 is 11.6 Å². The van der Waals surface area contributed by atoms with Gasteiger partial charge in [0, 0.05) is 28.4 Å². The molecule has 0 heterocycles. The largest absolute Gasteiger partial charge is 0.365 e. The normalized spacial score (nSPS) is 14.5. The van der Waals surface area contributed by atoms with E-state index >= 15 is 0 Å². The van der Waals surface area contributed by atoms with E-state index in [1.54, 1.807) is 28.4 Å². The van der Waals surface area contributed by atoms with Crippen LogP contribution in [0.4, 0.5) is 0 Å². The van der Waals surface area contributed by atoms with Crippen molar-refractivity contribution in [1.29, 1.82) is 0 Å². The summed E-state index contributed by atoms with van der Waals surface area (Å²) in [4.78, 5) is 0. The maximum Gasteiger partial charge on any atom is 0.317 e. The summed E-state index contributed by atoms with van der Waals surface area (Å²) in [7, 11) is 6.46. The first-order valence-electron chi connectivity index (χ1n) is 8.92. The number of ether oxygens (including phenoxy) is 4. The van der Waals surface area contributed by atoms with Gasteiger partial charge in [-0.3, -0.25) is 0 Å². The van der Waals surface area contributed by atoms with Gasteiger partial charge in [0.2, 0.25) is 0 Å². The molecule has 0 saturated heterocycles. The second kappa shape index (κ2) is 10.8. The van der Waals surface area contributed by atoms with E-state index in [0.717, 1.165) is 24.8 Å². The van der Waals surface area contributed by atoms with E-state index in [1.165, 1.54) is 25.7 Å². The summed E-state index contributed by atoms with van der Waals surface area (Å²) in [6, 6.07) is 10.0. The summed E-state index contributed by atoms with van der Waals surface area (Å²) < 4.78 is 23.0. The third kappa shape index (κ3) is 4.57. The van der Waals surface area contributed by atoms with Gasteiger partial charge in [0.1, 0.15) is 0 Å². The molecule has 0 N–H and O–H groups in total. The molecule has 0 aromatic heterocycles. The quantitative estimate of drug-likeness (QED) is 0.380. The van der Waals surface area contributed by atoms with Crippen LogP contribution in [0.15, 0.2) is 30.3 Å². The van der Waals surface area contributed by atoms with Crippen LogP contribution in [0.25, 0.3) is 0 Å². The second-order valence-electron chi connectivity index (χ2n) is 6.08. The fourth-order valence-corrected chi connectivity index (χ4v) is 3.43. The summed E-state index contributed by atoms with van der Waals surface area (Å²) in [6.07, 6.45) is 8.01. The van der Waals surface area contributed by atoms with Crippen molar-refractivity contribution in [2.45, 2.75) is 63.4 Å². The molecule has 0 aliphatic heterocycles. The Morgan fingerprint density at radius 2 is 1.25 bits per heavy atom. The Kier molecular flexibility index (Phi) is 9.52. The Hall–Kier alpha value is -0.940. The molecule has 4 heteroatoms. The van der Waals surface area contributed by atoms with Crippen molar-refractivity contribution in [2.75, 3.05) is 28.4 Å². The molecular formula is C20H34O4. The van der Waals surface area contributed by atoms with Crippen molar-refractivity contribution in [1.82, 2.24) is 0 Å². The molecule has 1 aromatic rings. The molecule has 1 rings (SSSR count). The summed E-state index contributed by atoms with van der Waals surface area (Å²) in [6.45, 7) is 2.23. The number of methoxy groups -OCH3 is 4. The van der Waals surface area contributed by atoms with Gasteiger partial charge in [0.25, 0.3) is 0 Å². The standard InChI is InChI=1S/C20H34O4/c1-6-7-8-9-10-14-17-19(21-2,18-15-12-11-13-16-18)20(22-3,23-4)24-5/h11-13,15-16H,6-10,14,17H2,1-5H3. The first-order valence-corrected chi connectivity index (χ1v) is 8.92. The van der Waals surface area contributed by atoms with Gasteiger partial charge in [-0.1, -0.05) is 69.4 Å². The predicted molar refractivity (Wildman–Crippen MR) is 96.9 cm³/mol. The van der Waals surface area contributed by atoms with E-state index in [9.17, 15) is 0 Å². The number of benzene rings is 1. The number of hydrogen-bond donors (Lipinski definition) is 0. The van der Waals surface area contributed by atoms with E-state index in [2.05, 4.69) is 6.92 Å². The van der Waals surface area contributed by atoms with Crippen LogP contribution in [0.1, 0.15) is 57.4 Å². The number of hydrogen-bond acceptors (Lipinski definition) is 4. The molecule has 0 bridgehead atoms. The maximum absolute atomic E-state index is 6.01. The Bertz CT molecular complexity index is 422. The third-order valence-electron chi connectivity index (χ3n) is 4.77. The minimum Gasteiger partial charge on any atom is -0.365 e. The molecule has 1 atom stereocenters.